The van der Waals surface area contributed by atoms with Crippen molar-refractivity contribution in [3.63, 3.8) is 0 Å². The van der Waals surface area contributed by atoms with E-state index in [0.29, 0.717) is 16.4 Å². The maximum absolute atomic E-state index is 11.8. The van der Waals surface area contributed by atoms with Crippen molar-refractivity contribution in [2.24, 2.45) is 10.8 Å². The van der Waals surface area contributed by atoms with Crippen LogP contribution in [0.4, 0.5) is 0 Å². The zero-order chi connectivity index (χ0) is 16.1. The van der Waals surface area contributed by atoms with E-state index >= 15 is 0 Å². The number of halogens is 1. The third-order valence-corrected chi connectivity index (χ3v) is 2.99. The van der Waals surface area contributed by atoms with Crippen LogP contribution >= 0.6 is 23.8 Å². The fourth-order valence-electron chi connectivity index (χ4n) is 1.69. The molecule has 0 radical (unpaired) electrons. The molecule has 1 aromatic carbocycles. The van der Waals surface area contributed by atoms with Crippen LogP contribution in [0.5, 0.6) is 0 Å². The molecule has 0 saturated carbocycles. The lowest BCUT2D eigenvalue weighted by atomic mass is 10.2. The minimum Gasteiger partial charge on any atom is -0.465 e. The van der Waals surface area contributed by atoms with E-state index in [4.69, 9.17) is 22.1 Å². The summed E-state index contributed by atoms with van der Waals surface area (Å²) in [4.78, 5) is 11.8. The number of carbonyl (C=O) groups excluding carboxylic acids is 1. The molecule has 7 nitrogen and oxygen atoms in total. The molecule has 114 valence electrons. The molecule has 0 unspecified atom stereocenters. The first kappa shape index (κ1) is 15.9. The van der Waals surface area contributed by atoms with E-state index in [0.717, 1.165) is 0 Å². The summed E-state index contributed by atoms with van der Waals surface area (Å²) in [6.07, 6.45) is 2.77. The van der Waals surface area contributed by atoms with Gasteiger partial charge in [-0.05, 0) is 36.5 Å². The smallest absolute Gasteiger partial charge is 0.341 e. The van der Waals surface area contributed by atoms with E-state index in [2.05, 4.69) is 27.8 Å². The summed E-state index contributed by atoms with van der Waals surface area (Å²) in [6.45, 7) is 0. The van der Waals surface area contributed by atoms with Gasteiger partial charge in [-0.3, -0.25) is 5.43 Å². The first-order valence-electron chi connectivity index (χ1n) is 6.03. The molecular weight excluding hydrogens is 326 g/mol. The second kappa shape index (κ2) is 7.01. The maximum Gasteiger partial charge on any atom is 0.341 e. The van der Waals surface area contributed by atoms with Crippen LogP contribution in [0.3, 0.4) is 0 Å². The summed E-state index contributed by atoms with van der Waals surface area (Å²) in [6, 6.07) is 6.94. The minimum atomic E-state index is -0.531. The van der Waals surface area contributed by atoms with Crippen LogP contribution in [0, 0.1) is 0 Å². The Kier molecular flexibility index (Phi) is 5.08. The molecular formula is C13H12ClN5O2S. The summed E-state index contributed by atoms with van der Waals surface area (Å²) in [5.74, 6) is -0.531. The van der Waals surface area contributed by atoms with Gasteiger partial charge in [0.25, 0.3) is 0 Å². The maximum atomic E-state index is 11.8. The molecule has 1 aromatic heterocycles. The van der Waals surface area contributed by atoms with Gasteiger partial charge in [0.15, 0.2) is 5.11 Å². The first-order valence-corrected chi connectivity index (χ1v) is 6.82. The van der Waals surface area contributed by atoms with Crippen molar-refractivity contribution in [3.05, 3.63) is 46.7 Å². The van der Waals surface area contributed by atoms with Gasteiger partial charge in [0.05, 0.1) is 25.2 Å². The van der Waals surface area contributed by atoms with Gasteiger partial charge in [-0.15, -0.1) is 0 Å². The van der Waals surface area contributed by atoms with Crippen LogP contribution in [0.25, 0.3) is 5.69 Å². The standard InChI is InChI=1S/C13H12ClN5O2S/c1-21-12(20)10-6-17-19(9-4-2-8(14)3-5-9)11(10)7-16-18-13(15)22/h2-7H,1H3,(H3,15,18,22)/b16-7+. The molecule has 3 N–H and O–H groups in total. The van der Waals surface area contributed by atoms with Gasteiger partial charge in [-0.2, -0.15) is 10.2 Å². The number of hydrogen-bond acceptors (Lipinski definition) is 5. The van der Waals surface area contributed by atoms with Crippen LogP contribution in [0.1, 0.15) is 16.1 Å². The Bertz CT molecular complexity index is 727. The van der Waals surface area contributed by atoms with E-state index < -0.39 is 5.97 Å². The number of ether oxygens (including phenoxy) is 1. The molecule has 2 aromatic rings. The number of nitrogens with zero attached hydrogens (tertiary/aromatic N) is 3. The Morgan fingerprint density at radius 2 is 2.18 bits per heavy atom. The molecule has 9 heteroatoms. The number of hydrogen-bond donors (Lipinski definition) is 2. The second-order valence-corrected chi connectivity index (χ2v) is 4.93. The number of benzene rings is 1. The fraction of sp³-hybridized carbons (Fsp3) is 0.0769. The van der Waals surface area contributed by atoms with E-state index in [1.165, 1.54) is 24.2 Å². The van der Waals surface area contributed by atoms with Crippen LogP contribution in [-0.4, -0.2) is 34.2 Å². The van der Waals surface area contributed by atoms with Crippen molar-refractivity contribution in [1.29, 1.82) is 0 Å². The number of nitrogens with one attached hydrogen (secondary N) is 1. The second-order valence-electron chi connectivity index (χ2n) is 4.06. The van der Waals surface area contributed by atoms with Crippen LogP contribution in [0.2, 0.25) is 5.02 Å². The van der Waals surface area contributed by atoms with Gasteiger partial charge in [0, 0.05) is 5.02 Å². The van der Waals surface area contributed by atoms with Crippen molar-refractivity contribution in [2.45, 2.75) is 0 Å². The van der Waals surface area contributed by atoms with Gasteiger partial charge in [-0.1, -0.05) is 11.6 Å². The zero-order valence-corrected chi connectivity index (χ0v) is 13.1. The predicted octanol–water partition coefficient (Wildman–Crippen LogP) is 1.48. The number of rotatable bonds is 4. The van der Waals surface area contributed by atoms with Crippen molar-refractivity contribution in [1.82, 2.24) is 15.2 Å². The van der Waals surface area contributed by atoms with E-state index in [1.807, 2.05) is 0 Å². The average molecular weight is 338 g/mol. The molecule has 0 atom stereocenters. The molecule has 1 heterocycles. The summed E-state index contributed by atoms with van der Waals surface area (Å²) in [7, 11) is 1.29. The molecule has 0 aliphatic rings. The molecule has 0 saturated heterocycles. The molecule has 0 bridgehead atoms. The topological polar surface area (TPSA) is 94.5 Å². The number of aromatic nitrogens is 2. The highest BCUT2D eigenvalue weighted by atomic mass is 35.5. The molecule has 0 amide bonds. The molecule has 0 aliphatic heterocycles. The Balaban J connectivity index is 2.47. The van der Waals surface area contributed by atoms with E-state index in [1.54, 1.807) is 24.3 Å². The highest BCUT2D eigenvalue weighted by Crippen LogP contribution is 2.17. The fourth-order valence-corrected chi connectivity index (χ4v) is 1.87. The van der Waals surface area contributed by atoms with Crippen molar-refractivity contribution >= 4 is 41.1 Å². The molecule has 0 aliphatic carbocycles. The molecule has 0 spiro atoms. The van der Waals surface area contributed by atoms with Gasteiger partial charge < -0.3 is 10.5 Å². The summed E-state index contributed by atoms with van der Waals surface area (Å²) in [5.41, 5.74) is 9.09. The van der Waals surface area contributed by atoms with Gasteiger partial charge in [0.1, 0.15) is 11.3 Å². The van der Waals surface area contributed by atoms with Crippen LogP contribution in [-0.2, 0) is 4.74 Å². The van der Waals surface area contributed by atoms with Crippen molar-refractivity contribution < 1.29 is 9.53 Å². The van der Waals surface area contributed by atoms with Gasteiger partial charge in [-0.25, -0.2) is 9.48 Å². The number of hydrazone groups is 1. The lowest BCUT2D eigenvalue weighted by Crippen LogP contribution is -2.24. The average Bonchev–Trinajstić information content (AvgIpc) is 2.91. The lowest BCUT2D eigenvalue weighted by Gasteiger charge is -2.05. The largest absolute Gasteiger partial charge is 0.465 e. The Labute approximate surface area is 136 Å². The third-order valence-electron chi connectivity index (χ3n) is 2.64. The highest BCUT2D eigenvalue weighted by molar-refractivity contribution is 7.80. The quantitative estimate of drug-likeness (QED) is 0.380. The highest BCUT2D eigenvalue weighted by Gasteiger charge is 2.17. The first-order chi connectivity index (χ1) is 10.5. The summed E-state index contributed by atoms with van der Waals surface area (Å²) < 4.78 is 6.25. The normalized spacial score (nSPS) is 10.6. The van der Waals surface area contributed by atoms with Gasteiger partial charge in [0.2, 0.25) is 0 Å². The molecule has 22 heavy (non-hydrogen) atoms. The summed E-state index contributed by atoms with van der Waals surface area (Å²) >= 11 is 10.5. The Hall–Kier alpha value is -2.45. The predicted molar refractivity (Wildman–Crippen MR) is 87.4 cm³/mol. The molecule has 2 rings (SSSR count). The van der Waals surface area contributed by atoms with Crippen LogP contribution < -0.4 is 11.2 Å². The number of esters is 1. The van der Waals surface area contributed by atoms with Gasteiger partial charge >= 0.3 is 5.97 Å². The number of thiocarbonyl (C=S) groups is 1. The SMILES string of the molecule is COC(=O)c1cnn(-c2ccc(Cl)cc2)c1/C=N/NC(N)=S. The summed E-state index contributed by atoms with van der Waals surface area (Å²) in [5, 5.41) is 8.63. The minimum absolute atomic E-state index is 0.00780. The van der Waals surface area contributed by atoms with Crippen molar-refractivity contribution in [2.75, 3.05) is 7.11 Å². The van der Waals surface area contributed by atoms with E-state index in [-0.39, 0.29) is 10.7 Å². The lowest BCUT2D eigenvalue weighted by molar-refractivity contribution is 0.0600. The third kappa shape index (κ3) is 3.60. The van der Waals surface area contributed by atoms with Crippen LogP contribution in [0.15, 0.2) is 35.6 Å². The number of carbonyl (C=O) groups is 1. The van der Waals surface area contributed by atoms with Crippen molar-refractivity contribution in [3.8, 4) is 5.69 Å². The Morgan fingerprint density at radius 1 is 1.50 bits per heavy atom. The monoisotopic (exact) mass is 337 g/mol. The Morgan fingerprint density at radius 3 is 2.77 bits per heavy atom. The zero-order valence-electron chi connectivity index (χ0n) is 11.5. The van der Waals surface area contributed by atoms with E-state index in [9.17, 15) is 4.79 Å². The number of nitrogens with two attached hydrogens (primary N) is 1. The molecule has 0 fully saturated rings. The number of methoxy groups -OCH3 is 1.